The summed E-state index contributed by atoms with van der Waals surface area (Å²) in [5, 5.41) is 8.68. The van der Waals surface area contributed by atoms with E-state index in [1.807, 2.05) is 0 Å². The maximum atomic E-state index is 13.9. The lowest BCUT2D eigenvalue weighted by Gasteiger charge is -2.11. The third-order valence-corrected chi connectivity index (χ3v) is 4.99. The van der Waals surface area contributed by atoms with Gasteiger partial charge in [0.05, 0.1) is 24.2 Å². The number of rotatable bonds is 9. The molecule has 0 aliphatic heterocycles. The van der Waals surface area contributed by atoms with E-state index >= 15 is 0 Å². The molecule has 0 bridgehead atoms. The number of hydrogen-bond acceptors (Lipinski definition) is 6. The summed E-state index contributed by atoms with van der Waals surface area (Å²) in [5.74, 6) is -2.36. The van der Waals surface area contributed by atoms with E-state index in [4.69, 9.17) is 9.47 Å². The maximum Gasteiger partial charge on any atom is 0.329 e. The van der Waals surface area contributed by atoms with Crippen molar-refractivity contribution in [3.63, 3.8) is 0 Å². The highest BCUT2D eigenvalue weighted by Gasteiger charge is 2.15. The monoisotopic (exact) mass is 556 g/mol. The third-order valence-electron chi connectivity index (χ3n) is 4.49. The number of carbonyl (C=O) groups excluding carboxylic acids is 3. The summed E-state index contributed by atoms with van der Waals surface area (Å²) in [7, 11) is 0. The van der Waals surface area contributed by atoms with E-state index in [2.05, 4.69) is 37.1 Å². The Labute approximate surface area is 214 Å². The number of nitrogens with zero attached hydrogens (tertiary/aromatic N) is 1. The largest absolute Gasteiger partial charge is 0.492 e. The minimum Gasteiger partial charge on any atom is -0.492 e. The van der Waals surface area contributed by atoms with E-state index in [0.717, 1.165) is 0 Å². The molecule has 0 saturated carbocycles. The predicted molar refractivity (Wildman–Crippen MR) is 137 cm³/mol. The average molecular weight is 557 g/mol. The normalized spacial score (nSPS) is 10.5. The minimum atomic E-state index is -0.994. The van der Waals surface area contributed by atoms with Crippen LogP contribution in [0.1, 0.15) is 12.5 Å². The summed E-state index contributed by atoms with van der Waals surface area (Å²) < 4.78 is 25.4. The van der Waals surface area contributed by atoms with Crippen LogP contribution in [0, 0.1) is 5.82 Å². The molecule has 0 fully saturated rings. The van der Waals surface area contributed by atoms with Gasteiger partial charge in [0, 0.05) is 10.0 Å². The second-order valence-electron chi connectivity index (χ2n) is 7.08. The molecule has 3 aromatic carbocycles. The number of halogens is 2. The van der Waals surface area contributed by atoms with Crippen molar-refractivity contribution in [1.82, 2.24) is 5.43 Å². The van der Waals surface area contributed by atoms with Gasteiger partial charge in [0.25, 0.3) is 5.91 Å². The Kier molecular flexibility index (Phi) is 9.52. The van der Waals surface area contributed by atoms with Crippen LogP contribution in [0.15, 0.2) is 76.3 Å². The van der Waals surface area contributed by atoms with Gasteiger partial charge < -0.3 is 20.1 Å². The minimum absolute atomic E-state index is 0.0199. The molecule has 0 spiro atoms. The molecule has 0 heterocycles. The first-order valence-electron chi connectivity index (χ1n) is 10.7. The van der Waals surface area contributed by atoms with E-state index in [0.29, 0.717) is 28.1 Å². The standard InChI is InChI=1S/C25H22BrFN4O5/c1-2-35-22-10-6-4-8-20(22)30-24(33)25(34)31-28-14-16-7-3-5-9-21(16)36-15-23(32)29-19-12-11-17(26)13-18(19)27/h3-14H,2,15H2,1H3,(H,29,32)(H,30,33)(H,31,34)/b28-14-. The van der Waals surface area contributed by atoms with E-state index in [9.17, 15) is 18.8 Å². The molecule has 3 aromatic rings. The van der Waals surface area contributed by atoms with Gasteiger partial charge in [-0.25, -0.2) is 9.82 Å². The number of ether oxygens (including phenoxy) is 2. The number of benzene rings is 3. The Balaban J connectivity index is 1.55. The lowest BCUT2D eigenvalue weighted by atomic mass is 10.2. The van der Waals surface area contributed by atoms with Gasteiger partial charge in [-0.05, 0) is 49.4 Å². The van der Waals surface area contributed by atoms with Gasteiger partial charge in [0.2, 0.25) is 0 Å². The molecule has 186 valence electrons. The molecule has 0 aromatic heterocycles. The van der Waals surface area contributed by atoms with Gasteiger partial charge in [-0.2, -0.15) is 5.10 Å². The van der Waals surface area contributed by atoms with Crippen molar-refractivity contribution < 1.29 is 28.2 Å². The average Bonchev–Trinajstić information content (AvgIpc) is 2.86. The number of anilines is 2. The molecule has 0 atom stereocenters. The van der Waals surface area contributed by atoms with Gasteiger partial charge in [-0.15, -0.1) is 0 Å². The number of amides is 3. The first-order chi connectivity index (χ1) is 17.4. The number of para-hydroxylation sites is 3. The van der Waals surface area contributed by atoms with Crippen molar-refractivity contribution in [2.24, 2.45) is 5.10 Å². The van der Waals surface area contributed by atoms with Gasteiger partial charge in [0.15, 0.2) is 6.61 Å². The summed E-state index contributed by atoms with van der Waals surface area (Å²) in [6.07, 6.45) is 1.26. The maximum absolute atomic E-state index is 13.9. The SMILES string of the molecule is CCOc1ccccc1NC(=O)C(=O)N/N=C\c1ccccc1OCC(=O)Nc1ccc(Br)cc1F. The van der Waals surface area contributed by atoms with E-state index in [1.54, 1.807) is 61.5 Å². The van der Waals surface area contributed by atoms with Crippen LogP contribution in [-0.2, 0) is 14.4 Å². The fourth-order valence-electron chi connectivity index (χ4n) is 2.88. The van der Waals surface area contributed by atoms with E-state index < -0.39 is 30.1 Å². The Morgan fingerprint density at radius 2 is 1.64 bits per heavy atom. The van der Waals surface area contributed by atoms with E-state index in [-0.39, 0.29) is 11.4 Å². The van der Waals surface area contributed by atoms with Gasteiger partial charge in [-0.3, -0.25) is 14.4 Å². The van der Waals surface area contributed by atoms with Crippen LogP contribution in [0.2, 0.25) is 0 Å². The van der Waals surface area contributed by atoms with Crippen molar-refractivity contribution in [2.45, 2.75) is 6.92 Å². The lowest BCUT2D eigenvalue weighted by molar-refractivity contribution is -0.136. The number of carbonyl (C=O) groups is 3. The molecule has 0 unspecified atom stereocenters. The quantitative estimate of drug-likeness (QED) is 0.208. The molecule has 3 amide bonds. The van der Waals surface area contributed by atoms with Crippen molar-refractivity contribution in [1.29, 1.82) is 0 Å². The summed E-state index contributed by atoms with van der Waals surface area (Å²) >= 11 is 3.15. The number of hydrazone groups is 1. The Bertz CT molecular complexity index is 1280. The van der Waals surface area contributed by atoms with Crippen LogP contribution in [0.5, 0.6) is 11.5 Å². The van der Waals surface area contributed by atoms with Crippen molar-refractivity contribution >= 4 is 51.2 Å². The summed E-state index contributed by atoms with van der Waals surface area (Å²) in [4.78, 5) is 36.5. The van der Waals surface area contributed by atoms with Gasteiger partial charge in [-0.1, -0.05) is 40.2 Å². The third kappa shape index (κ3) is 7.64. The van der Waals surface area contributed by atoms with E-state index in [1.165, 1.54) is 18.3 Å². The molecule has 0 aliphatic carbocycles. The Morgan fingerprint density at radius 1 is 0.917 bits per heavy atom. The smallest absolute Gasteiger partial charge is 0.329 e. The molecule has 3 rings (SSSR count). The summed E-state index contributed by atoms with van der Waals surface area (Å²) in [6, 6.07) is 17.6. The van der Waals surface area contributed by atoms with Crippen LogP contribution in [0.4, 0.5) is 15.8 Å². The molecule has 0 radical (unpaired) electrons. The van der Waals surface area contributed by atoms with Crippen LogP contribution in [-0.4, -0.2) is 37.1 Å². The first-order valence-corrected chi connectivity index (χ1v) is 11.5. The highest BCUT2D eigenvalue weighted by molar-refractivity contribution is 9.10. The predicted octanol–water partition coefficient (Wildman–Crippen LogP) is 4.09. The molecule has 36 heavy (non-hydrogen) atoms. The number of hydrogen-bond donors (Lipinski definition) is 3. The molecule has 0 aliphatic rings. The second kappa shape index (κ2) is 13.0. The van der Waals surface area contributed by atoms with Crippen LogP contribution in [0.3, 0.4) is 0 Å². The Hall–Kier alpha value is -4.25. The molecule has 3 N–H and O–H groups in total. The summed E-state index contributed by atoms with van der Waals surface area (Å²) in [5.41, 5.74) is 2.94. The highest BCUT2D eigenvalue weighted by atomic mass is 79.9. The molecular formula is C25H22BrFN4O5. The highest BCUT2D eigenvalue weighted by Crippen LogP contribution is 2.23. The molecule has 0 saturated heterocycles. The fourth-order valence-corrected chi connectivity index (χ4v) is 3.21. The van der Waals surface area contributed by atoms with Gasteiger partial charge in [0.1, 0.15) is 17.3 Å². The number of nitrogens with one attached hydrogen (secondary N) is 3. The van der Waals surface area contributed by atoms with Crippen LogP contribution in [0.25, 0.3) is 0 Å². The van der Waals surface area contributed by atoms with Gasteiger partial charge >= 0.3 is 11.8 Å². The molecule has 9 nitrogen and oxygen atoms in total. The zero-order valence-electron chi connectivity index (χ0n) is 19.1. The van der Waals surface area contributed by atoms with Crippen molar-refractivity contribution in [3.05, 3.63) is 82.6 Å². The Morgan fingerprint density at radius 3 is 2.39 bits per heavy atom. The first kappa shape index (κ1) is 26.4. The zero-order valence-corrected chi connectivity index (χ0v) is 20.7. The van der Waals surface area contributed by atoms with Crippen molar-refractivity contribution in [3.8, 4) is 11.5 Å². The molecule has 11 heteroatoms. The van der Waals surface area contributed by atoms with Crippen molar-refractivity contribution in [2.75, 3.05) is 23.8 Å². The zero-order chi connectivity index (χ0) is 25.9. The van der Waals surface area contributed by atoms with Crippen LogP contribution < -0.4 is 25.5 Å². The second-order valence-corrected chi connectivity index (χ2v) is 8.00. The summed E-state index contributed by atoms with van der Waals surface area (Å²) in [6.45, 7) is 1.80. The van der Waals surface area contributed by atoms with Crippen LogP contribution >= 0.6 is 15.9 Å². The molecular weight excluding hydrogens is 535 g/mol. The lowest BCUT2D eigenvalue weighted by Crippen LogP contribution is -2.32. The topological polar surface area (TPSA) is 118 Å². The fraction of sp³-hybridized carbons (Fsp3) is 0.120.